The van der Waals surface area contributed by atoms with Gasteiger partial charge in [-0.3, -0.25) is 4.79 Å². The number of ether oxygens (including phenoxy) is 2. The van der Waals surface area contributed by atoms with Crippen LogP contribution in [0.1, 0.15) is 29.8 Å². The number of hydrogen-bond acceptors (Lipinski definition) is 7. The van der Waals surface area contributed by atoms with E-state index >= 15 is 0 Å². The maximum atomic E-state index is 13.0. The molecule has 0 amide bonds. The van der Waals surface area contributed by atoms with E-state index in [1.807, 2.05) is 30.3 Å². The summed E-state index contributed by atoms with van der Waals surface area (Å²) in [5.74, 6) is 0.272. The molecule has 168 valence electrons. The van der Waals surface area contributed by atoms with E-state index in [9.17, 15) is 14.4 Å². The number of thioether (sulfide) groups is 2. The molecule has 2 aromatic carbocycles. The Kier molecular flexibility index (Phi) is 10.3. The highest BCUT2D eigenvalue weighted by Gasteiger charge is 2.14. The van der Waals surface area contributed by atoms with Crippen LogP contribution in [0.3, 0.4) is 0 Å². The van der Waals surface area contributed by atoms with Gasteiger partial charge in [-0.2, -0.15) is 0 Å². The standard InChI is InChI=1S/C25H26O5S2/c1-17(2)24(27)29-13-15-31-20-11-9-19(10-12-20)23(26)21-7-5-6-8-22(21)32-16-14-30-25(28)18(3)4/h5-12H,1,3,13-16H2,2,4H3. The Morgan fingerprint density at radius 2 is 1.31 bits per heavy atom. The number of ketones is 1. The SMILES string of the molecule is C=C(C)C(=O)OCCSc1ccc(C(=O)c2ccccc2SCCOC(=O)C(=C)C)cc1. The van der Waals surface area contributed by atoms with E-state index in [0.29, 0.717) is 40.4 Å². The lowest BCUT2D eigenvalue weighted by atomic mass is 10.0. The van der Waals surface area contributed by atoms with Gasteiger partial charge < -0.3 is 9.47 Å². The van der Waals surface area contributed by atoms with Crippen molar-refractivity contribution >= 4 is 41.2 Å². The molecule has 0 N–H and O–H groups in total. The van der Waals surface area contributed by atoms with E-state index in [-0.39, 0.29) is 12.4 Å². The van der Waals surface area contributed by atoms with Crippen molar-refractivity contribution in [3.63, 3.8) is 0 Å². The molecule has 0 heterocycles. The van der Waals surface area contributed by atoms with Gasteiger partial charge in [-0.05, 0) is 50.2 Å². The number of rotatable bonds is 12. The first-order valence-electron chi connectivity index (χ1n) is 9.94. The average molecular weight is 471 g/mol. The Morgan fingerprint density at radius 1 is 0.781 bits per heavy atom. The first-order chi connectivity index (χ1) is 15.3. The van der Waals surface area contributed by atoms with Gasteiger partial charge in [0.25, 0.3) is 0 Å². The Balaban J connectivity index is 1.92. The van der Waals surface area contributed by atoms with Gasteiger partial charge in [0.2, 0.25) is 0 Å². The summed E-state index contributed by atoms with van der Waals surface area (Å²) in [6, 6.07) is 14.7. The number of esters is 2. The van der Waals surface area contributed by atoms with Gasteiger partial charge in [0, 0.05) is 43.6 Å². The third-order valence-corrected chi connectivity index (χ3v) is 6.12. The molecule has 0 aromatic heterocycles. The van der Waals surface area contributed by atoms with Crippen molar-refractivity contribution in [3.8, 4) is 0 Å². The summed E-state index contributed by atoms with van der Waals surface area (Å²) >= 11 is 3.01. The van der Waals surface area contributed by atoms with Crippen molar-refractivity contribution in [2.75, 3.05) is 24.7 Å². The third-order valence-electron chi connectivity index (χ3n) is 4.10. The normalized spacial score (nSPS) is 10.3. The monoisotopic (exact) mass is 470 g/mol. The lowest BCUT2D eigenvalue weighted by Gasteiger charge is -2.10. The van der Waals surface area contributed by atoms with Gasteiger partial charge >= 0.3 is 11.9 Å². The third kappa shape index (κ3) is 8.05. The molecule has 0 aliphatic rings. The zero-order valence-corrected chi connectivity index (χ0v) is 19.9. The van der Waals surface area contributed by atoms with Crippen molar-refractivity contribution in [3.05, 3.63) is 84.0 Å². The minimum atomic E-state index is -0.415. The lowest BCUT2D eigenvalue weighted by Crippen LogP contribution is -2.08. The molecule has 0 saturated carbocycles. The van der Waals surface area contributed by atoms with Gasteiger partial charge in [-0.15, -0.1) is 23.5 Å². The Morgan fingerprint density at radius 3 is 1.88 bits per heavy atom. The minimum Gasteiger partial charge on any atom is -0.461 e. The average Bonchev–Trinajstić information content (AvgIpc) is 2.79. The van der Waals surface area contributed by atoms with Crippen LogP contribution in [0.5, 0.6) is 0 Å². The summed E-state index contributed by atoms with van der Waals surface area (Å²) in [5, 5.41) is 0. The predicted octanol–water partition coefficient (Wildman–Crippen LogP) is 5.34. The zero-order chi connectivity index (χ0) is 23.5. The molecule has 0 unspecified atom stereocenters. The number of carbonyl (C=O) groups is 3. The van der Waals surface area contributed by atoms with Crippen LogP contribution >= 0.6 is 23.5 Å². The summed E-state index contributed by atoms with van der Waals surface area (Å²) in [4.78, 5) is 37.7. The second-order valence-electron chi connectivity index (χ2n) is 6.88. The molecule has 0 saturated heterocycles. The van der Waals surface area contributed by atoms with Gasteiger partial charge in [0.1, 0.15) is 13.2 Å². The van der Waals surface area contributed by atoms with Crippen molar-refractivity contribution < 1.29 is 23.9 Å². The lowest BCUT2D eigenvalue weighted by molar-refractivity contribution is -0.139. The predicted molar refractivity (Wildman–Crippen MR) is 129 cm³/mol. The molecule has 2 rings (SSSR count). The summed E-state index contributed by atoms with van der Waals surface area (Å²) < 4.78 is 10.2. The van der Waals surface area contributed by atoms with Crippen LogP contribution in [0.15, 0.2) is 82.6 Å². The quantitative estimate of drug-likeness (QED) is 0.136. The molecule has 5 nitrogen and oxygen atoms in total. The van der Waals surface area contributed by atoms with Crippen molar-refractivity contribution in [1.29, 1.82) is 0 Å². The van der Waals surface area contributed by atoms with Crippen LogP contribution in [0.2, 0.25) is 0 Å². The molecule has 0 atom stereocenters. The number of benzene rings is 2. The van der Waals surface area contributed by atoms with Gasteiger partial charge in [-0.25, -0.2) is 9.59 Å². The summed E-state index contributed by atoms with van der Waals surface area (Å²) in [7, 11) is 0. The molecule has 0 aliphatic carbocycles. The fourth-order valence-electron chi connectivity index (χ4n) is 2.46. The van der Waals surface area contributed by atoms with E-state index in [1.54, 1.807) is 43.8 Å². The summed E-state index contributed by atoms with van der Waals surface area (Å²) in [5.41, 5.74) is 1.94. The van der Waals surface area contributed by atoms with E-state index in [2.05, 4.69) is 13.2 Å². The first-order valence-corrected chi connectivity index (χ1v) is 11.9. The van der Waals surface area contributed by atoms with E-state index < -0.39 is 11.9 Å². The first kappa shape index (κ1) is 25.5. The van der Waals surface area contributed by atoms with Crippen LogP contribution in [0, 0.1) is 0 Å². The van der Waals surface area contributed by atoms with E-state index in [1.165, 1.54) is 11.8 Å². The second-order valence-corrected chi connectivity index (χ2v) is 9.18. The molecule has 0 bridgehead atoms. The maximum absolute atomic E-state index is 13.0. The van der Waals surface area contributed by atoms with Crippen LogP contribution in [0.25, 0.3) is 0 Å². The Hall–Kier alpha value is -2.77. The zero-order valence-electron chi connectivity index (χ0n) is 18.2. The molecule has 0 fully saturated rings. The fraction of sp³-hybridized carbons (Fsp3) is 0.240. The van der Waals surface area contributed by atoms with E-state index in [4.69, 9.17) is 9.47 Å². The van der Waals surface area contributed by atoms with Gasteiger partial charge in [-0.1, -0.05) is 25.3 Å². The van der Waals surface area contributed by atoms with Gasteiger partial charge in [0.15, 0.2) is 5.78 Å². The second kappa shape index (κ2) is 12.9. The van der Waals surface area contributed by atoms with Crippen molar-refractivity contribution in [1.82, 2.24) is 0 Å². The van der Waals surface area contributed by atoms with Crippen LogP contribution in [-0.4, -0.2) is 42.4 Å². The molecule has 2 aromatic rings. The highest BCUT2D eigenvalue weighted by atomic mass is 32.2. The Labute approximate surface area is 197 Å². The number of hydrogen-bond donors (Lipinski definition) is 0. The highest BCUT2D eigenvalue weighted by Crippen LogP contribution is 2.26. The smallest absolute Gasteiger partial charge is 0.333 e. The molecule has 0 radical (unpaired) electrons. The summed E-state index contributed by atoms with van der Waals surface area (Å²) in [6.45, 7) is 10.8. The molecule has 0 spiro atoms. The highest BCUT2D eigenvalue weighted by molar-refractivity contribution is 7.99. The summed E-state index contributed by atoms with van der Waals surface area (Å²) in [6.07, 6.45) is 0. The number of carbonyl (C=O) groups excluding carboxylic acids is 3. The van der Waals surface area contributed by atoms with Crippen molar-refractivity contribution in [2.24, 2.45) is 0 Å². The maximum Gasteiger partial charge on any atom is 0.333 e. The van der Waals surface area contributed by atoms with E-state index in [0.717, 1.165) is 9.79 Å². The largest absolute Gasteiger partial charge is 0.461 e. The molecule has 32 heavy (non-hydrogen) atoms. The Bertz CT molecular complexity index is 996. The van der Waals surface area contributed by atoms with Crippen LogP contribution in [0.4, 0.5) is 0 Å². The molecular weight excluding hydrogens is 444 g/mol. The molecule has 7 heteroatoms. The topological polar surface area (TPSA) is 69.7 Å². The molecule has 0 aliphatic heterocycles. The van der Waals surface area contributed by atoms with Crippen LogP contribution in [-0.2, 0) is 19.1 Å². The van der Waals surface area contributed by atoms with Crippen molar-refractivity contribution in [2.45, 2.75) is 23.6 Å². The van der Waals surface area contributed by atoms with Gasteiger partial charge in [0.05, 0.1) is 0 Å². The fourth-order valence-corrected chi connectivity index (χ4v) is 4.07. The molecular formula is C25H26O5S2. The van der Waals surface area contributed by atoms with Crippen LogP contribution < -0.4 is 0 Å². The minimum absolute atomic E-state index is 0.0704.